The average Bonchev–Trinajstić information content (AvgIpc) is 3.22. The first-order valence-corrected chi connectivity index (χ1v) is 10.8. The third kappa shape index (κ3) is 3.08. The fraction of sp³-hybridized carbons (Fsp3) is 0.458. The molecule has 3 aliphatic rings. The lowest BCUT2D eigenvalue weighted by Gasteiger charge is -2.50. The van der Waals surface area contributed by atoms with Gasteiger partial charge in [-0.1, -0.05) is 17.7 Å². The Balaban J connectivity index is 1.54. The molecular weight excluding hydrogens is 362 g/mol. The maximum Gasteiger partial charge on any atom is 0.208 e. The molecule has 1 spiro atoms. The molecule has 2 aromatic carbocycles. The van der Waals surface area contributed by atoms with E-state index < -0.39 is 0 Å². The van der Waals surface area contributed by atoms with Gasteiger partial charge in [-0.15, -0.1) is 0 Å². The van der Waals surface area contributed by atoms with Gasteiger partial charge in [0.25, 0.3) is 0 Å². The predicted molar refractivity (Wildman–Crippen MR) is 114 cm³/mol. The first kappa shape index (κ1) is 18.5. The number of rotatable bonds is 3. The number of likely N-dealkylation sites (tertiary alicyclic amines) is 1. The zero-order chi connectivity index (χ0) is 20.0. The minimum atomic E-state index is -0.320. The minimum Gasteiger partial charge on any atom is -0.497 e. The Hall–Kier alpha value is -2.53. The molecule has 1 saturated heterocycles. The van der Waals surface area contributed by atoms with Crippen LogP contribution in [0.25, 0.3) is 0 Å². The summed E-state index contributed by atoms with van der Waals surface area (Å²) in [6.07, 6.45) is 2.94. The van der Waals surface area contributed by atoms with E-state index in [4.69, 9.17) is 14.6 Å². The van der Waals surface area contributed by atoms with Gasteiger partial charge in [0, 0.05) is 12.0 Å². The summed E-state index contributed by atoms with van der Waals surface area (Å²) in [4.78, 5) is 1.66. The molecule has 0 saturated carbocycles. The summed E-state index contributed by atoms with van der Waals surface area (Å²) in [5.41, 5.74) is 4.53. The number of hydrazone groups is 1. The van der Waals surface area contributed by atoms with Crippen LogP contribution in [0.4, 0.5) is 0 Å². The molecule has 0 unspecified atom stereocenters. The number of hydrogen-bond acceptors (Lipinski definition) is 4. The number of ether oxygens (including phenoxy) is 2. The molecule has 1 N–H and O–H groups in total. The Morgan fingerprint density at radius 2 is 1.93 bits per heavy atom. The fourth-order valence-corrected chi connectivity index (χ4v) is 5.04. The van der Waals surface area contributed by atoms with Crippen LogP contribution in [-0.4, -0.2) is 43.2 Å². The van der Waals surface area contributed by atoms with Crippen molar-refractivity contribution < 1.29 is 14.4 Å². The van der Waals surface area contributed by atoms with E-state index in [-0.39, 0.29) is 11.8 Å². The number of fused-ring (bicyclic) bond motifs is 4. The zero-order valence-corrected chi connectivity index (χ0v) is 17.6. The summed E-state index contributed by atoms with van der Waals surface area (Å²) in [6.45, 7) is 7.86. The maximum absolute atomic E-state index is 6.73. The number of quaternary nitrogens is 1. The molecule has 1 fully saturated rings. The molecule has 152 valence electrons. The van der Waals surface area contributed by atoms with E-state index in [1.807, 2.05) is 12.1 Å². The van der Waals surface area contributed by atoms with Gasteiger partial charge >= 0.3 is 0 Å². The smallest absolute Gasteiger partial charge is 0.208 e. The molecule has 5 heteroatoms. The van der Waals surface area contributed by atoms with Crippen molar-refractivity contribution in [2.24, 2.45) is 5.10 Å². The molecule has 0 amide bonds. The molecule has 3 aliphatic heterocycles. The highest BCUT2D eigenvalue weighted by Crippen LogP contribution is 2.49. The van der Waals surface area contributed by atoms with E-state index in [9.17, 15) is 0 Å². The van der Waals surface area contributed by atoms with Gasteiger partial charge in [-0.3, -0.25) is 0 Å². The van der Waals surface area contributed by atoms with Crippen molar-refractivity contribution in [3.8, 4) is 11.5 Å². The van der Waals surface area contributed by atoms with Gasteiger partial charge in [0.2, 0.25) is 5.72 Å². The van der Waals surface area contributed by atoms with Crippen LogP contribution in [0.2, 0.25) is 0 Å². The van der Waals surface area contributed by atoms with Crippen LogP contribution in [0.5, 0.6) is 11.5 Å². The van der Waals surface area contributed by atoms with Crippen molar-refractivity contribution in [1.29, 1.82) is 0 Å². The number of nitrogens with zero attached hydrogens (tertiary/aromatic N) is 2. The second-order valence-electron chi connectivity index (χ2n) is 8.53. The highest BCUT2D eigenvalue weighted by atomic mass is 16.5. The normalized spacial score (nSPS) is 27.8. The maximum atomic E-state index is 6.73. The van der Waals surface area contributed by atoms with E-state index in [2.05, 4.69) is 49.2 Å². The molecule has 5 nitrogen and oxygen atoms in total. The number of nitrogens with one attached hydrogen (secondary N) is 1. The van der Waals surface area contributed by atoms with Gasteiger partial charge in [0.05, 0.1) is 51.3 Å². The number of piperidine rings is 1. The second kappa shape index (κ2) is 7.06. The first-order valence-electron chi connectivity index (χ1n) is 10.8. The standard InChI is InChI=1S/C24H29N3O2/c1-4-26-13-11-24(12-14-26)27-22(20-15-17(2)5-10-23(20)29-24)16-21(25-27)18-6-8-19(28-3)9-7-18/h5-10,15,22H,4,11-14,16H2,1-3H3/p+1/t22-/m0/s1. The van der Waals surface area contributed by atoms with Gasteiger partial charge < -0.3 is 14.4 Å². The van der Waals surface area contributed by atoms with E-state index in [0.717, 1.165) is 49.6 Å². The van der Waals surface area contributed by atoms with E-state index in [1.54, 1.807) is 12.0 Å². The molecular formula is C24H30N3O2+. The first-order chi connectivity index (χ1) is 14.1. The summed E-state index contributed by atoms with van der Waals surface area (Å²) < 4.78 is 12.1. The van der Waals surface area contributed by atoms with Gasteiger partial charge in [0.15, 0.2) is 0 Å². The molecule has 1 atom stereocenters. The Bertz CT molecular complexity index is 930. The summed E-state index contributed by atoms with van der Waals surface area (Å²) in [5.74, 6) is 1.92. The third-order valence-corrected chi connectivity index (χ3v) is 6.81. The molecule has 2 aromatic rings. The van der Waals surface area contributed by atoms with Crippen molar-refractivity contribution in [3.05, 3.63) is 59.2 Å². The monoisotopic (exact) mass is 392 g/mol. The zero-order valence-electron chi connectivity index (χ0n) is 17.6. The number of benzene rings is 2. The molecule has 0 aliphatic carbocycles. The summed E-state index contributed by atoms with van der Waals surface area (Å²) >= 11 is 0. The van der Waals surface area contributed by atoms with Crippen molar-refractivity contribution in [2.75, 3.05) is 26.7 Å². The minimum absolute atomic E-state index is 0.249. The highest BCUT2D eigenvalue weighted by molar-refractivity contribution is 6.02. The van der Waals surface area contributed by atoms with E-state index in [0.29, 0.717) is 0 Å². The van der Waals surface area contributed by atoms with Crippen LogP contribution in [-0.2, 0) is 0 Å². The largest absolute Gasteiger partial charge is 0.497 e. The Labute approximate surface area is 172 Å². The highest BCUT2D eigenvalue weighted by Gasteiger charge is 2.52. The van der Waals surface area contributed by atoms with E-state index >= 15 is 0 Å². The van der Waals surface area contributed by atoms with Crippen molar-refractivity contribution >= 4 is 5.71 Å². The SMILES string of the molecule is CC[NH+]1CCC2(CC1)Oc1ccc(C)cc1[C@@H]1CC(c3ccc(OC)cc3)=NN12. The van der Waals surface area contributed by atoms with Gasteiger partial charge in [-0.05, 0) is 49.7 Å². The molecule has 0 bridgehead atoms. The van der Waals surface area contributed by atoms with Crippen LogP contribution < -0.4 is 14.4 Å². The van der Waals surface area contributed by atoms with Gasteiger partial charge in [-0.25, -0.2) is 5.01 Å². The van der Waals surface area contributed by atoms with Crippen LogP contribution in [0.3, 0.4) is 0 Å². The van der Waals surface area contributed by atoms with Gasteiger partial charge in [-0.2, -0.15) is 5.10 Å². The van der Waals surface area contributed by atoms with Crippen molar-refractivity contribution in [1.82, 2.24) is 5.01 Å². The van der Waals surface area contributed by atoms with Crippen LogP contribution in [0.15, 0.2) is 47.6 Å². The van der Waals surface area contributed by atoms with Crippen LogP contribution >= 0.6 is 0 Å². The number of hydrogen-bond donors (Lipinski definition) is 1. The molecule has 0 radical (unpaired) electrons. The Kier molecular flexibility index (Phi) is 4.50. The summed E-state index contributed by atoms with van der Waals surface area (Å²) in [5, 5.41) is 7.47. The Morgan fingerprint density at radius 3 is 2.62 bits per heavy atom. The van der Waals surface area contributed by atoms with Crippen molar-refractivity contribution in [3.63, 3.8) is 0 Å². The fourth-order valence-electron chi connectivity index (χ4n) is 5.04. The number of methoxy groups -OCH3 is 1. The lowest BCUT2D eigenvalue weighted by molar-refractivity contribution is -0.906. The van der Waals surface area contributed by atoms with Crippen LogP contribution in [0, 0.1) is 6.92 Å². The third-order valence-electron chi connectivity index (χ3n) is 6.81. The lowest BCUT2D eigenvalue weighted by atomic mass is 9.90. The molecule has 0 aromatic heterocycles. The molecule has 3 heterocycles. The lowest BCUT2D eigenvalue weighted by Crippen LogP contribution is -3.13. The molecule has 29 heavy (non-hydrogen) atoms. The predicted octanol–water partition coefficient (Wildman–Crippen LogP) is 2.94. The van der Waals surface area contributed by atoms with Crippen molar-refractivity contribution in [2.45, 2.75) is 44.9 Å². The summed E-state index contributed by atoms with van der Waals surface area (Å²) in [6, 6.07) is 15.1. The molecule has 5 rings (SSSR count). The number of aryl methyl sites for hydroxylation is 1. The average molecular weight is 393 g/mol. The van der Waals surface area contributed by atoms with Crippen LogP contribution in [0.1, 0.15) is 48.9 Å². The van der Waals surface area contributed by atoms with E-state index in [1.165, 1.54) is 23.2 Å². The second-order valence-corrected chi connectivity index (χ2v) is 8.53. The Morgan fingerprint density at radius 1 is 1.17 bits per heavy atom. The topological polar surface area (TPSA) is 38.5 Å². The van der Waals surface area contributed by atoms with Gasteiger partial charge in [0.1, 0.15) is 11.5 Å². The quantitative estimate of drug-likeness (QED) is 0.873. The summed E-state index contributed by atoms with van der Waals surface area (Å²) in [7, 11) is 1.70.